The molecule has 0 bridgehead atoms. The molecule has 6 rings (SSSR count). The van der Waals surface area contributed by atoms with Crippen molar-refractivity contribution in [1.82, 2.24) is 15.0 Å². The van der Waals surface area contributed by atoms with Gasteiger partial charge in [0, 0.05) is 5.56 Å². The first-order chi connectivity index (χ1) is 17.9. The number of anilines is 1. The van der Waals surface area contributed by atoms with Crippen molar-refractivity contribution in [1.29, 1.82) is 0 Å². The molecule has 1 amide bonds. The standard InChI is InChI=1S/C28H19FN4O3S/c1-15-25(37-26(30-15)17-7-3-2-4-8-17)23(34)21-22(16-11-13-18(29)14-12-16)33(27(36)24(21)35)28-31-19-9-5-6-10-20(19)32-28/h2-14,22,35H,1H3,(H,31,32). The number of benzene rings is 3. The van der Waals surface area contributed by atoms with Gasteiger partial charge in [-0.2, -0.15) is 0 Å². The number of para-hydroxylation sites is 2. The van der Waals surface area contributed by atoms with Gasteiger partial charge in [0.25, 0.3) is 5.91 Å². The Morgan fingerprint density at radius 3 is 2.43 bits per heavy atom. The summed E-state index contributed by atoms with van der Waals surface area (Å²) in [6, 6.07) is 21.1. The van der Waals surface area contributed by atoms with Crippen LogP contribution in [0.1, 0.15) is 27.0 Å². The number of carbonyl (C=O) groups excluding carboxylic acids is 2. The molecule has 0 fully saturated rings. The van der Waals surface area contributed by atoms with Crippen molar-refractivity contribution in [2.45, 2.75) is 13.0 Å². The van der Waals surface area contributed by atoms with Gasteiger partial charge in [-0.3, -0.25) is 14.5 Å². The summed E-state index contributed by atoms with van der Waals surface area (Å²) in [6.07, 6.45) is 0. The lowest BCUT2D eigenvalue weighted by Crippen LogP contribution is -2.32. The number of amides is 1. The molecule has 3 heterocycles. The number of Topliss-reactive ketones (excluding diaryl/α,β-unsaturated/α-hetero) is 1. The molecule has 0 aliphatic carbocycles. The van der Waals surface area contributed by atoms with Crippen molar-refractivity contribution in [3.63, 3.8) is 0 Å². The zero-order valence-electron chi connectivity index (χ0n) is 19.5. The van der Waals surface area contributed by atoms with E-state index in [2.05, 4.69) is 15.0 Å². The number of aliphatic hydroxyl groups is 1. The van der Waals surface area contributed by atoms with E-state index in [1.54, 1.807) is 13.0 Å². The van der Waals surface area contributed by atoms with Crippen molar-refractivity contribution in [2.75, 3.05) is 4.90 Å². The van der Waals surface area contributed by atoms with Gasteiger partial charge in [-0.1, -0.05) is 54.6 Å². The largest absolute Gasteiger partial charge is 0.503 e. The number of nitrogens with one attached hydrogen (secondary N) is 1. The Hall–Kier alpha value is -4.63. The summed E-state index contributed by atoms with van der Waals surface area (Å²) in [5, 5.41) is 11.7. The highest BCUT2D eigenvalue weighted by atomic mass is 32.1. The highest BCUT2D eigenvalue weighted by Gasteiger charge is 2.46. The van der Waals surface area contributed by atoms with E-state index in [0.717, 1.165) is 5.56 Å². The number of carbonyl (C=O) groups is 2. The average molecular weight is 511 g/mol. The zero-order chi connectivity index (χ0) is 25.7. The minimum absolute atomic E-state index is 0.108. The number of aryl methyl sites for hydroxylation is 1. The molecular formula is C28H19FN4O3S. The van der Waals surface area contributed by atoms with Crippen LogP contribution in [0.3, 0.4) is 0 Å². The van der Waals surface area contributed by atoms with E-state index in [-0.39, 0.29) is 11.5 Å². The number of rotatable bonds is 5. The minimum Gasteiger partial charge on any atom is -0.503 e. The number of halogens is 1. The molecule has 0 saturated carbocycles. The third-order valence-electron chi connectivity index (χ3n) is 6.27. The maximum atomic E-state index is 13.9. The summed E-state index contributed by atoms with van der Waals surface area (Å²) in [5.74, 6) is -2.26. The van der Waals surface area contributed by atoms with Gasteiger partial charge in [-0.05, 0) is 36.8 Å². The first kappa shape index (κ1) is 22.8. The fraction of sp³-hybridized carbons (Fsp3) is 0.0714. The Balaban J connectivity index is 1.48. The number of fused-ring (bicyclic) bond motifs is 1. The molecule has 37 heavy (non-hydrogen) atoms. The third-order valence-corrected chi connectivity index (χ3v) is 7.47. The van der Waals surface area contributed by atoms with Crippen LogP contribution in [0.15, 0.2) is 90.2 Å². The number of aromatic amines is 1. The zero-order valence-corrected chi connectivity index (χ0v) is 20.3. The van der Waals surface area contributed by atoms with E-state index in [1.165, 1.54) is 40.5 Å². The molecule has 1 aliphatic rings. The fourth-order valence-electron chi connectivity index (χ4n) is 4.50. The van der Waals surface area contributed by atoms with Crippen molar-refractivity contribution >= 4 is 40.0 Å². The Morgan fingerprint density at radius 2 is 1.70 bits per heavy atom. The van der Waals surface area contributed by atoms with E-state index in [4.69, 9.17) is 0 Å². The number of aliphatic hydroxyl groups excluding tert-OH is 1. The fourth-order valence-corrected chi connectivity index (χ4v) is 5.53. The Labute approximate surface area is 214 Å². The summed E-state index contributed by atoms with van der Waals surface area (Å²) < 4.78 is 13.8. The van der Waals surface area contributed by atoms with Crippen molar-refractivity contribution in [2.24, 2.45) is 0 Å². The smallest absolute Gasteiger partial charge is 0.296 e. The maximum absolute atomic E-state index is 13.9. The molecule has 1 aliphatic heterocycles. The van der Waals surface area contributed by atoms with Gasteiger partial charge in [0.05, 0.1) is 33.2 Å². The highest BCUT2D eigenvalue weighted by molar-refractivity contribution is 7.17. The first-order valence-electron chi connectivity index (χ1n) is 11.5. The number of imidazole rings is 1. The first-order valence-corrected chi connectivity index (χ1v) is 12.3. The Bertz CT molecular complexity index is 1670. The molecule has 0 radical (unpaired) electrons. The lowest BCUT2D eigenvalue weighted by atomic mass is 9.95. The lowest BCUT2D eigenvalue weighted by Gasteiger charge is -2.24. The third kappa shape index (κ3) is 3.80. The molecule has 1 atom stereocenters. The Kier molecular flexibility index (Phi) is 5.42. The number of aromatic nitrogens is 3. The molecule has 7 nitrogen and oxygen atoms in total. The van der Waals surface area contributed by atoms with Crippen LogP contribution in [-0.4, -0.2) is 31.7 Å². The van der Waals surface area contributed by atoms with Crippen LogP contribution in [0.2, 0.25) is 0 Å². The van der Waals surface area contributed by atoms with E-state index >= 15 is 0 Å². The van der Waals surface area contributed by atoms with Gasteiger partial charge in [0.15, 0.2) is 5.76 Å². The number of hydrogen-bond acceptors (Lipinski definition) is 6. The van der Waals surface area contributed by atoms with Gasteiger partial charge >= 0.3 is 0 Å². The summed E-state index contributed by atoms with van der Waals surface area (Å²) in [4.78, 5) is 41.1. The van der Waals surface area contributed by atoms with E-state index in [0.29, 0.717) is 32.2 Å². The summed E-state index contributed by atoms with van der Waals surface area (Å²) in [7, 11) is 0. The molecule has 182 valence electrons. The molecule has 2 aromatic heterocycles. The molecule has 5 aromatic rings. The number of thiazole rings is 1. The SMILES string of the molecule is Cc1nc(-c2ccccc2)sc1C(=O)C1=C(O)C(=O)N(c2nc3ccccc3[nH]2)C1c1ccc(F)cc1. The quantitative estimate of drug-likeness (QED) is 0.286. The van der Waals surface area contributed by atoms with Crippen molar-refractivity contribution < 1.29 is 19.1 Å². The van der Waals surface area contributed by atoms with E-state index < -0.39 is 29.3 Å². The van der Waals surface area contributed by atoms with Gasteiger partial charge in [-0.15, -0.1) is 11.3 Å². The van der Waals surface area contributed by atoms with Crippen molar-refractivity contribution in [3.05, 3.63) is 112 Å². The molecule has 0 spiro atoms. The normalized spacial score (nSPS) is 15.7. The second-order valence-electron chi connectivity index (χ2n) is 8.60. The number of nitrogens with zero attached hydrogens (tertiary/aromatic N) is 3. The monoisotopic (exact) mass is 510 g/mol. The second kappa shape index (κ2) is 8.79. The molecule has 1 unspecified atom stereocenters. The molecule has 0 saturated heterocycles. The van der Waals surface area contributed by atoms with Crippen LogP contribution in [0, 0.1) is 12.7 Å². The molecule has 9 heteroatoms. The average Bonchev–Trinajstić information content (AvgIpc) is 3.58. The van der Waals surface area contributed by atoms with Gasteiger partial charge in [-0.25, -0.2) is 14.4 Å². The molecular weight excluding hydrogens is 491 g/mol. The van der Waals surface area contributed by atoms with Crippen molar-refractivity contribution in [3.8, 4) is 10.6 Å². The number of hydrogen-bond donors (Lipinski definition) is 2. The van der Waals surface area contributed by atoms with Crippen LogP contribution in [-0.2, 0) is 4.79 Å². The van der Waals surface area contributed by atoms with E-state index in [9.17, 15) is 19.1 Å². The maximum Gasteiger partial charge on any atom is 0.296 e. The van der Waals surface area contributed by atoms with E-state index in [1.807, 2.05) is 48.5 Å². The van der Waals surface area contributed by atoms with Crippen LogP contribution in [0.4, 0.5) is 10.3 Å². The van der Waals surface area contributed by atoms with Gasteiger partial charge in [0.2, 0.25) is 11.7 Å². The van der Waals surface area contributed by atoms with Crippen LogP contribution >= 0.6 is 11.3 Å². The number of ketones is 1. The molecule has 3 aromatic carbocycles. The predicted molar refractivity (Wildman–Crippen MR) is 139 cm³/mol. The summed E-state index contributed by atoms with van der Waals surface area (Å²) >= 11 is 1.19. The topological polar surface area (TPSA) is 99.2 Å². The summed E-state index contributed by atoms with van der Waals surface area (Å²) in [5.41, 5.74) is 2.99. The summed E-state index contributed by atoms with van der Waals surface area (Å²) in [6.45, 7) is 1.72. The second-order valence-corrected chi connectivity index (χ2v) is 9.60. The minimum atomic E-state index is -1.03. The van der Waals surface area contributed by atoms with Crippen LogP contribution in [0.5, 0.6) is 0 Å². The van der Waals surface area contributed by atoms with Gasteiger partial charge < -0.3 is 10.1 Å². The number of H-pyrrole nitrogens is 1. The Morgan fingerprint density at radius 1 is 1.00 bits per heavy atom. The van der Waals surface area contributed by atoms with Crippen LogP contribution in [0.25, 0.3) is 21.6 Å². The van der Waals surface area contributed by atoms with Crippen LogP contribution < -0.4 is 4.90 Å². The van der Waals surface area contributed by atoms with Gasteiger partial charge in [0.1, 0.15) is 10.8 Å². The lowest BCUT2D eigenvalue weighted by molar-refractivity contribution is -0.117. The molecule has 2 N–H and O–H groups in total. The highest BCUT2D eigenvalue weighted by Crippen LogP contribution is 2.43. The predicted octanol–water partition coefficient (Wildman–Crippen LogP) is 5.92.